The van der Waals surface area contributed by atoms with Crippen molar-refractivity contribution in [2.24, 2.45) is 0 Å². The quantitative estimate of drug-likeness (QED) is 0.171. The Kier molecular flexibility index (Phi) is 6.45. The average Bonchev–Trinajstić information content (AvgIpc) is 3.90. The lowest BCUT2D eigenvalue weighted by Gasteiger charge is -2.25. The second kappa shape index (κ2) is 11.3. The van der Waals surface area contributed by atoms with E-state index in [-0.39, 0.29) is 16.2 Å². The lowest BCUT2D eigenvalue weighted by atomic mass is 9.78. The van der Waals surface area contributed by atoms with Crippen LogP contribution in [0.3, 0.4) is 0 Å². The van der Waals surface area contributed by atoms with Gasteiger partial charge in [0.05, 0.1) is 0 Å². The normalized spacial score (nSPS) is 15.9. The molecule has 1 aromatic heterocycles. The molecule has 0 atom stereocenters. The highest BCUT2D eigenvalue weighted by Gasteiger charge is 2.45. The van der Waals surface area contributed by atoms with Gasteiger partial charge in [-0.2, -0.15) is 0 Å². The second-order valence-electron chi connectivity index (χ2n) is 19.2. The molecule has 1 heterocycles. The molecule has 0 amide bonds. The molecule has 3 aliphatic carbocycles. The Labute approximate surface area is 351 Å². The van der Waals surface area contributed by atoms with E-state index in [1.807, 2.05) is 0 Å². The van der Waals surface area contributed by atoms with E-state index in [1.165, 1.54) is 99.4 Å². The van der Waals surface area contributed by atoms with E-state index in [9.17, 15) is 0 Å². The Bertz CT molecular complexity index is 3550. The highest BCUT2D eigenvalue weighted by Crippen LogP contribution is 2.61. The molecule has 9 aromatic carbocycles. The predicted molar refractivity (Wildman–Crippen MR) is 252 cm³/mol. The van der Waals surface area contributed by atoms with E-state index in [0.29, 0.717) is 0 Å². The third-order valence-corrected chi connectivity index (χ3v) is 15.0. The van der Waals surface area contributed by atoms with Crippen LogP contribution in [0, 0.1) is 0 Å². The third-order valence-electron chi connectivity index (χ3n) is 15.0. The minimum absolute atomic E-state index is 0.0929. The Morgan fingerprint density at radius 3 is 1.55 bits per heavy atom. The maximum Gasteiger partial charge on any atom is 0.143 e. The molecule has 0 fully saturated rings. The molecule has 60 heavy (non-hydrogen) atoms. The number of para-hydroxylation sites is 1. The Morgan fingerprint density at radius 2 is 0.833 bits per heavy atom. The Hall–Kier alpha value is -6.70. The smallest absolute Gasteiger partial charge is 0.143 e. The summed E-state index contributed by atoms with van der Waals surface area (Å²) >= 11 is 0. The van der Waals surface area contributed by atoms with Crippen LogP contribution in [0.1, 0.15) is 74.9 Å². The van der Waals surface area contributed by atoms with Crippen molar-refractivity contribution in [2.45, 2.75) is 57.8 Å². The maximum atomic E-state index is 6.62. The number of hydrogen-bond donors (Lipinski definition) is 0. The summed E-state index contributed by atoms with van der Waals surface area (Å²) < 4.78 is 6.62. The molecule has 13 rings (SSSR count). The van der Waals surface area contributed by atoms with Crippen LogP contribution in [0.2, 0.25) is 0 Å². The molecule has 0 unspecified atom stereocenters. The molecular weight excluding hydrogens is 725 g/mol. The van der Waals surface area contributed by atoms with Crippen LogP contribution in [0.5, 0.6) is 0 Å². The van der Waals surface area contributed by atoms with Gasteiger partial charge in [-0.15, -0.1) is 0 Å². The van der Waals surface area contributed by atoms with Crippen LogP contribution < -0.4 is 0 Å². The van der Waals surface area contributed by atoms with E-state index in [0.717, 1.165) is 33.1 Å². The minimum atomic E-state index is -0.217. The van der Waals surface area contributed by atoms with Gasteiger partial charge in [0.25, 0.3) is 0 Å². The zero-order chi connectivity index (χ0) is 40.4. The van der Waals surface area contributed by atoms with Gasteiger partial charge in [0.15, 0.2) is 0 Å². The summed E-state index contributed by atoms with van der Waals surface area (Å²) in [4.78, 5) is 0. The molecule has 0 radical (unpaired) electrons. The van der Waals surface area contributed by atoms with Crippen molar-refractivity contribution in [3.63, 3.8) is 0 Å². The average molecular weight is 769 g/mol. The maximum absolute atomic E-state index is 6.62. The topological polar surface area (TPSA) is 13.1 Å². The molecule has 0 N–H and O–H groups in total. The Morgan fingerprint density at radius 1 is 0.317 bits per heavy atom. The Balaban J connectivity index is 1.03. The summed E-state index contributed by atoms with van der Waals surface area (Å²) in [5, 5.41) is 7.55. The van der Waals surface area contributed by atoms with Gasteiger partial charge in [0, 0.05) is 32.6 Å². The highest BCUT2D eigenvalue weighted by molar-refractivity contribution is 6.15. The van der Waals surface area contributed by atoms with Crippen molar-refractivity contribution in [1.29, 1.82) is 0 Å². The van der Waals surface area contributed by atoms with E-state index < -0.39 is 0 Å². The van der Waals surface area contributed by atoms with Crippen molar-refractivity contribution in [3.8, 4) is 55.6 Å². The molecular formula is C59H44O. The lowest BCUT2D eigenvalue weighted by molar-refractivity contribution is 0.649. The van der Waals surface area contributed by atoms with Gasteiger partial charge in [-0.05, 0) is 154 Å². The van der Waals surface area contributed by atoms with Gasteiger partial charge in [-0.1, -0.05) is 151 Å². The van der Waals surface area contributed by atoms with Crippen molar-refractivity contribution in [2.75, 3.05) is 0 Å². The first-order chi connectivity index (χ1) is 29.0. The van der Waals surface area contributed by atoms with Crippen molar-refractivity contribution in [1.82, 2.24) is 0 Å². The number of fused-ring (bicyclic) bond motifs is 16. The molecule has 0 spiro atoms. The van der Waals surface area contributed by atoms with Crippen LogP contribution in [0.4, 0.5) is 0 Å². The largest absolute Gasteiger partial charge is 0.455 e. The fraction of sp³-hybridized carbons (Fsp3) is 0.153. The SMILES string of the molecule is CC1(C)c2cc3c(cc2-c2cc4c(cc21)-c1c(cc(-c2cc(-c5ccccc5)c5oc6ccccc6c5c2)c2ccccc12)C4(C)C)C(C)(C)c1ccc2ccccc2c1-3. The molecule has 3 aliphatic rings. The summed E-state index contributed by atoms with van der Waals surface area (Å²) in [5.74, 6) is 0. The van der Waals surface area contributed by atoms with Crippen LogP contribution in [0.15, 0.2) is 162 Å². The first kappa shape index (κ1) is 34.2. The molecule has 0 saturated heterocycles. The summed E-state index contributed by atoms with van der Waals surface area (Å²) in [5.41, 5.74) is 23.0. The van der Waals surface area contributed by atoms with Gasteiger partial charge in [0.2, 0.25) is 0 Å². The van der Waals surface area contributed by atoms with E-state index in [2.05, 4.69) is 199 Å². The van der Waals surface area contributed by atoms with Crippen LogP contribution in [-0.2, 0) is 16.2 Å². The van der Waals surface area contributed by atoms with Gasteiger partial charge >= 0.3 is 0 Å². The zero-order valence-electron chi connectivity index (χ0n) is 34.9. The number of benzene rings is 9. The molecule has 1 nitrogen and oxygen atoms in total. The molecule has 0 aliphatic heterocycles. The van der Waals surface area contributed by atoms with Crippen LogP contribution in [-0.4, -0.2) is 0 Å². The standard InChI is InChI=1S/C59H44O/c1-57(2)47-25-24-34-18-10-11-19-36(34)54(47)45-31-48-42(29-50(45)57)43-30-51-46(32-49(43)58(48,3)4)55-39-22-13-12-20-37(39)40(28-52(55)59(51,5)6)35-26-41(33-16-8-7-9-17-33)56-44(27-35)38-21-14-15-23-53(38)60-56/h7-32H,1-6H3. The van der Waals surface area contributed by atoms with Gasteiger partial charge in [-0.25, -0.2) is 0 Å². The number of rotatable bonds is 2. The van der Waals surface area contributed by atoms with Crippen molar-refractivity contribution in [3.05, 3.63) is 191 Å². The van der Waals surface area contributed by atoms with Gasteiger partial charge in [-0.3, -0.25) is 0 Å². The monoisotopic (exact) mass is 768 g/mol. The minimum Gasteiger partial charge on any atom is -0.455 e. The molecule has 1 heteroatoms. The van der Waals surface area contributed by atoms with E-state index in [1.54, 1.807) is 0 Å². The van der Waals surface area contributed by atoms with Crippen molar-refractivity contribution >= 4 is 43.5 Å². The lowest BCUT2D eigenvalue weighted by Crippen LogP contribution is -2.17. The molecule has 286 valence electrons. The molecule has 0 saturated carbocycles. The predicted octanol–water partition coefficient (Wildman–Crippen LogP) is 16.1. The first-order valence-corrected chi connectivity index (χ1v) is 21.5. The first-order valence-electron chi connectivity index (χ1n) is 21.5. The summed E-state index contributed by atoms with van der Waals surface area (Å²) in [6.07, 6.45) is 0. The number of hydrogen-bond acceptors (Lipinski definition) is 1. The van der Waals surface area contributed by atoms with E-state index >= 15 is 0 Å². The fourth-order valence-electron chi connectivity index (χ4n) is 11.9. The van der Waals surface area contributed by atoms with Crippen LogP contribution in [0.25, 0.3) is 99.1 Å². The van der Waals surface area contributed by atoms with Crippen LogP contribution >= 0.6 is 0 Å². The summed E-state index contributed by atoms with van der Waals surface area (Å²) in [6, 6.07) is 59.4. The van der Waals surface area contributed by atoms with Crippen molar-refractivity contribution < 1.29 is 4.42 Å². The number of furan rings is 1. The third kappa shape index (κ3) is 4.22. The molecule has 0 bridgehead atoms. The van der Waals surface area contributed by atoms with E-state index in [4.69, 9.17) is 4.42 Å². The highest BCUT2D eigenvalue weighted by atomic mass is 16.3. The summed E-state index contributed by atoms with van der Waals surface area (Å²) in [6.45, 7) is 14.6. The summed E-state index contributed by atoms with van der Waals surface area (Å²) in [7, 11) is 0. The zero-order valence-corrected chi connectivity index (χ0v) is 34.9. The molecule has 10 aromatic rings. The van der Waals surface area contributed by atoms with Gasteiger partial charge in [0.1, 0.15) is 11.2 Å². The van der Waals surface area contributed by atoms with Gasteiger partial charge < -0.3 is 4.42 Å². The second-order valence-corrected chi connectivity index (χ2v) is 19.2. The fourth-order valence-corrected chi connectivity index (χ4v) is 11.9.